The van der Waals surface area contributed by atoms with Gasteiger partial charge in [-0.15, -0.1) is 11.3 Å². The van der Waals surface area contributed by atoms with Crippen LogP contribution in [-0.4, -0.2) is 63.3 Å². The van der Waals surface area contributed by atoms with Crippen LogP contribution in [0.3, 0.4) is 0 Å². The smallest absolute Gasteiger partial charge is 0.193 e. The fraction of sp³-hybridized carbons (Fsp3) is 0.706. The average molecular weight is 337 g/mol. The minimum absolute atomic E-state index is 0.494. The Labute approximate surface area is 143 Å². The number of aliphatic imine (C=N–C) groups is 1. The Bertz CT molecular complexity index is 477. The molecule has 1 aromatic rings. The summed E-state index contributed by atoms with van der Waals surface area (Å²) < 4.78 is 5.91. The topological polar surface area (TPSA) is 40.1 Å². The Balaban J connectivity index is 1.37. The third kappa shape index (κ3) is 4.61. The van der Waals surface area contributed by atoms with Gasteiger partial charge in [-0.3, -0.25) is 4.99 Å². The number of anilines is 1. The lowest BCUT2D eigenvalue weighted by Crippen LogP contribution is -2.52. The molecule has 23 heavy (non-hydrogen) atoms. The fourth-order valence-electron chi connectivity index (χ4n) is 3.36. The van der Waals surface area contributed by atoms with Crippen LogP contribution < -0.4 is 10.2 Å². The van der Waals surface area contributed by atoms with Crippen molar-refractivity contribution < 1.29 is 4.74 Å². The number of rotatable bonds is 5. The molecule has 1 aliphatic carbocycles. The summed E-state index contributed by atoms with van der Waals surface area (Å²) in [6, 6.07) is 4.32. The largest absolute Gasteiger partial charge is 0.376 e. The first-order chi connectivity index (χ1) is 11.4. The summed E-state index contributed by atoms with van der Waals surface area (Å²) in [5, 5.41) is 6.97. The van der Waals surface area contributed by atoms with Crippen LogP contribution in [0.1, 0.15) is 25.7 Å². The van der Waals surface area contributed by atoms with E-state index in [2.05, 4.69) is 37.6 Å². The van der Waals surface area contributed by atoms with Gasteiger partial charge in [-0.1, -0.05) is 12.8 Å². The van der Waals surface area contributed by atoms with Gasteiger partial charge in [0, 0.05) is 39.8 Å². The molecule has 1 N–H and O–H groups in total. The number of hydrogen-bond donors (Lipinski definition) is 1. The number of piperazine rings is 1. The summed E-state index contributed by atoms with van der Waals surface area (Å²) in [6.07, 6.45) is 5.62. The average Bonchev–Trinajstić information content (AvgIpc) is 3.29. The van der Waals surface area contributed by atoms with E-state index in [1.807, 2.05) is 18.4 Å². The van der Waals surface area contributed by atoms with Crippen LogP contribution >= 0.6 is 11.3 Å². The third-order valence-corrected chi connectivity index (χ3v) is 5.58. The Morgan fingerprint density at radius 2 is 2.09 bits per heavy atom. The lowest BCUT2D eigenvalue weighted by molar-refractivity contribution is 0.0619. The van der Waals surface area contributed by atoms with Crippen molar-refractivity contribution >= 4 is 22.3 Å². The lowest BCUT2D eigenvalue weighted by Gasteiger charge is -2.37. The van der Waals surface area contributed by atoms with Crippen molar-refractivity contribution in [3.63, 3.8) is 0 Å². The molecule has 128 valence electrons. The molecule has 2 heterocycles. The summed E-state index contributed by atoms with van der Waals surface area (Å²) in [7, 11) is 1.87. The molecule has 5 nitrogen and oxygen atoms in total. The normalized spacial score (nSPS) is 20.3. The second-order valence-corrected chi connectivity index (χ2v) is 7.10. The van der Waals surface area contributed by atoms with Crippen molar-refractivity contribution in [3.05, 3.63) is 17.5 Å². The number of nitrogens with zero attached hydrogens (tertiary/aromatic N) is 3. The first-order valence-corrected chi connectivity index (χ1v) is 9.60. The van der Waals surface area contributed by atoms with E-state index >= 15 is 0 Å². The van der Waals surface area contributed by atoms with E-state index in [4.69, 9.17) is 4.74 Å². The van der Waals surface area contributed by atoms with Crippen LogP contribution in [-0.2, 0) is 4.74 Å². The summed E-state index contributed by atoms with van der Waals surface area (Å²) in [6.45, 7) is 5.76. The second-order valence-electron chi connectivity index (χ2n) is 6.18. The first-order valence-electron chi connectivity index (χ1n) is 8.72. The van der Waals surface area contributed by atoms with Crippen LogP contribution in [0.15, 0.2) is 22.5 Å². The number of guanidine groups is 1. The van der Waals surface area contributed by atoms with Crippen LogP contribution in [0.5, 0.6) is 0 Å². The van der Waals surface area contributed by atoms with E-state index in [1.165, 1.54) is 30.7 Å². The quantitative estimate of drug-likeness (QED) is 0.509. The highest BCUT2D eigenvalue weighted by molar-refractivity contribution is 7.14. The van der Waals surface area contributed by atoms with Crippen molar-refractivity contribution in [1.82, 2.24) is 10.2 Å². The Morgan fingerprint density at radius 1 is 1.30 bits per heavy atom. The van der Waals surface area contributed by atoms with E-state index in [0.717, 1.165) is 45.3 Å². The minimum atomic E-state index is 0.494. The standard InChI is InChI=1S/C17H28N4OS/c1-18-17(19-8-13-22-15-5-2-3-6-15)21-11-9-20(10-12-21)16-7-4-14-23-16/h4,7,14-15H,2-3,5-6,8-13H2,1H3,(H,18,19). The van der Waals surface area contributed by atoms with E-state index in [1.54, 1.807) is 0 Å². The van der Waals surface area contributed by atoms with Gasteiger partial charge in [0.15, 0.2) is 5.96 Å². The van der Waals surface area contributed by atoms with Gasteiger partial charge in [-0.2, -0.15) is 0 Å². The summed E-state index contributed by atoms with van der Waals surface area (Å²) in [4.78, 5) is 9.23. The highest BCUT2D eigenvalue weighted by Gasteiger charge is 2.20. The SMILES string of the molecule is CN=C(NCCOC1CCCC1)N1CCN(c2cccs2)CC1. The van der Waals surface area contributed by atoms with Gasteiger partial charge in [-0.05, 0) is 30.4 Å². The van der Waals surface area contributed by atoms with Gasteiger partial charge in [0.2, 0.25) is 0 Å². The van der Waals surface area contributed by atoms with Gasteiger partial charge in [0.25, 0.3) is 0 Å². The van der Waals surface area contributed by atoms with Gasteiger partial charge < -0.3 is 19.9 Å². The van der Waals surface area contributed by atoms with E-state index in [0.29, 0.717) is 6.10 Å². The molecule has 2 fully saturated rings. The van der Waals surface area contributed by atoms with Crippen molar-refractivity contribution in [2.75, 3.05) is 51.3 Å². The van der Waals surface area contributed by atoms with E-state index in [9.17, 15) is 0 Å². The van der Waals surface area contributed by atoms with E-state index < -0.39 is 0 Å². The van der Waals surface area contributed by atoms with Gasteiger partial charge >= 0.3 is 0 Å². The number of thiophene rings is 1. The zero-order valence-corrected chi connectivity index (χ0v) is 14.9. The van der Waals surface area contributed by atoms with Gasteiger partial charge in [-0.25, -0.2) is 0 Å². The van der Waals surface area contributed by atoms with Crippen LogP contribution in [0.4, 0.5) is 5.00 Å². The molecule has 0 amide bonds. The summed E-state index contributed by atoms with van der Waals surface area (Å²) >= 11 is 1.82. The third-order valence-electron chi connectivity index (χ3n) is 4.65. The maximum atomic E-state index is 5.91. The number of hydrogen-bond acceptors (Lipinski definition) is 4. The zero-order chi connectivity index (χ0) is 15.9. The second kappa shape index (κ2) is 8.55. The Morgan fingerprint density at radius 3 is 2.74 bits per heavy atom. The monoisotopic (exact) mass is 336 g/mol. The van der Waals surface area contributed by atoms with Crippen LogP contribution in [0, 0.1) is 0 Å². The fourth-order valence-corrected chi connectivity index (χ4v) is 4.15. The molecular formula is C17H28N4OS. The molecule has 3 rings (SSSR count). The van der Waals surface area contributed by atoms with Crippen molar-refractivity contribution in [3.8, 4) is 0 Å². The molecule has 1 aliphatic heterocycles. The number of ether oxygens (including phenoxy) is 1. The summed E-state index contributed by atoms with van der Waals surface area (Å²) in [5.41, 5.74) is 0. The highest BCUT2D eigenvalue weighted by atomic mass is 32.1. The van der Waals surface area contributed by atoms with Crippen LogP contribution in [0.25, 0.3) is 0 Å². The van der Waals surface area contributed by atoms with Crippen molar-refractivity contribution in [2.45, 2.75) is 31.8 Å². The molecular weight excluding hydrogens is 308 g/mol. The zero-order valence-electron chi connectivity index (χ0n) is 14.0. The maximum absolute atomic E-state index is 5.91. The maximum Gasteiger partial charge on any atom is 0.193 e. The molecule has 1 aromatic heterocycles. The van der Waals surface area contributed by atoms with Gasteiger partial charge in [0.1, 0.15) is 0 Å². The Kier molecular flexibility index (Phi) is 6.16. The molecule has 2 aliphatic rings. The lowest BCUT2D eigenvalue weighted by atomic mass is 10.3. The highest BCUT2D eigenvalue weighted by Crippen LogP contribution is 2.22. The molecule has 6 heteroatoms. The Hall–Kier alpha value is -1.27. The summed E-state index contributed by atoms with van der Waals surface area (Å²) in [5.74, 6) is 1.01. The molecule has 0 aromatic carbocycles. The first kappa shape index (κ1) is 16.6. The minimum Gasteiger partial charge on any atom is -0.376 e. The molecule has 0 bridgehead atoms. The van der Waals surface area contributed by atoms with Gasteiger partial charge in [0.05, 0.1) is 17.7 Å². The predicted octanol–water partition coefficient (Wildman–Crippen LogP) is 2.40. The molecule has 0 radical (unpaired) electrons. The molecule has 1 saturated carbocycles. The molecule has 0 atom stereocenters. The predicted molar refractivity (Wildman–Crippen MR) is 97.7 cm³/mol. The molecule has 0 unspecified atom stereocenters. The molecule has 1 saturated heterocycles. The molecule has 0 spiro atoms. The van der Waals surface area contributed by atoms with Crippen molar-refractivity contribution in [1.29, 1.82) is 0 Å². The van der Waals surface area contributed by atoms with E-state index in [-0.39, 0.29) is 0 Å². The van der Waals surface area contributed by atoms with Crippen molar-refractivity contribution in [2.24, 2.45) is 4.99 Å². The number of nitrogens with one attached hydrogen (secondary N) is 1. The van der Waals surface area contributed by atoms with Crippen LogP contribution in [0.2, 0.25) is 0 Å².